The number of piperazine rings is 1. The third-order valence-corrected chi connectivity index (χ3v) is 4.20. The quantitative estimate of drug-likeness (QED) is 0.903. The van der Waals surface area contributed by atoms with E-state index in [-0.39, 0.29) is 5.91 Å². The normalized spacial score (nSPS) is 25.6. The van der Waals surface area contributed by atoms with Gasteiger partial charge in [0.1, 0.15) is 5.75 Å². The van der Waals surface area contributed by atoms with Crippen LogP contribution in [0.4, 0.5) is 0 Å². The maximum atomic E-state index is 12.5. The molecule has 1 N–H and O–H groups in total. The Labute approximate surface area is 114 Å². The number of ether oxygens (including phenoxy) is 1. The molecule has 2 saturated heterocycles. The minimum atomic E-state index is 0.0772. The summed E-state index contributed by atoms with van der Waals surface area (Å²) in [6.07, 6.45) is 1.07. The molecule has 2 bridgehead atoms. The number of carbonyl (C=O) groups is 1. The minimum Gasteiger partial charge on any atom is -0.496 e. The molecule has 1 amide bonds. The fourth-order valence-corrected chi connectivity index (χ4v) is 3.15. The number of methoxy groups -OCH3 is 1. The van der Waals surface area contributed by atoms with Crippen molar-refractivity contribution in [1.82, 2.24) is 10.2 Å². The van der Waals surface area contributed by atoms with Crippen molar-refractivity contribution in [1.29, 1.82) is 0 Å². The molecule has 18 heavy (non-hydrogen) atoms. The second kappa shape index (κ2) is 4.55. The molecule has 5 heteroatoms. The molecule has 1 aromatic carbocycles. The molecule has 1 unspecified atom stereocenters. The first-order valence-electron chi connectivity index (χ1n) is 6.07. The summed E-state index contributed by atoms with van der Waals surface area (Å²) in [7, 11) is 1.59. The van der Waals surface area contributed by atoms with E-state index >= 15 is 0 Å². The van der Waals surface area contributed by atoms with E-state index in [4.69, 9.17) is 4.74 Å². The van der Waals surface area contributed by atoms with Crippen molar-refractivity contribution >= 4 is 21.8 Å². The maximum Gasteiger partial charge on any atom is 0.257 e. The molecule has 0 aliphatic carbocycles. The number of hydrogen-bond donors (Lipinski definition) is 1. The molecule has 2 heterocycles. The van der Waals surface area contributed by atoms with Crippen LogP contribution in [0.15, 0.2) is 22.7 Å². The Hall–Kier alpha value is -1.07. The highest BCUT2D eigenvalue weighted by atomic mass is 79.9. The largest absolute Gasteiger partial charge is 0.496 e. The van der Waals surface area contributed by atoms with E-state index in [0.29, 0.717) is 23.4 Å². The van der Waals surface area contributed by atoms with Gasteiger partial charge in [0.25, 0.3) is 5.91 Å². The molecule has 2 fully saturated rings. The lowest BCUT2D eigenvalue weighted by molar-refractivity contribution is 0.0712. The van der Waals surface area contributed by atoms with Crippen LogP contribution in [0.1, 0.15) is 16.8 Å². The van der Waals surface area contributed by atoms with Crippen molar-refractivity contribution in [3.63, 3.8) is 0 Å². The van der Waals surface area contributed by atoms with Crippen LogP contribution >= 0.6 is 15.9 Å². The van der Waals surface area contributed by atoms with Crippen LogP contribution in [-0.2, 0) is 0 Å². The minimum absolute atomic E-state index is 0.0772. The van der Waals surface area contributed by atoms with E-state index in [9.17, 15) is 4.79 Å². The molecular weight excluding hydrogens is 296 g/mol. The Morgan fingerprint density at radius 2 is 2.39 bits per heavy atom. The van der Waals surface area contributed by atoms with Gasteiger partial charge in [0.15, 0.2) is 0 Å². The molecule has 0 radical (unpaired) electrons. The lowest BCUT2D eigenvalue weighted by atomic mass is 10.1. The first-order chi connectivity index (χ1) is 8.69. The van der Waals surface area contributed by atoms with Gasteiger partial charge in [-0.25, -0.2) is 0 Å². The van der Waals surface area contributed by atoms with Gasteiger partial charge in [-0.1, -0.05) is 15.9 Å². The molecule has 0 saturated carbocycles. The fourth-order valence-electron chi connectivity index (χ4n) is 2.81. The van der Waals surface area contributed by atoms with Crippen LogP contribution in [0.2, 0.25) is 0 Å². The third-order valence-electron chi connectivity index (χ3n) is 3.71. The number of hydrogen-bond acceptors (Lipinski definition) is 3. The summed E-state index contributed by atoms with van der Waals surface area (Å²) in [5.41, 5.74) is 0.647. The summed E-state index contributed by atoms with van der Waals surface area (Å²) in [6, 6.07) is 6.35. The number of benzene rings is 1. The Morgan fingerprint density at radius 1 is 1.56 bits per heavy atom. The lowest BCUT2D eigenvalue weighted by Crippen LogP contribution is -2.46. The fraction of sp³-hybridized carbons (Fsp3) is 0.462. The number of halogens is 1. The average molecular weight is 311 g/mol. The van der Waals surface area contributed by atoms with Crippen LogP contribution in [0.25, 0.3) is 0 Å². The maximum absolute atomic E-state index is 12.5. The first-order valence-corrected chi connectivity index (χ1v) is 6.86. The predicted molar refractivity (Wildman–Crippen MR) is 71.9 cm³/mol. The second-order valence-corrected chi connectivity index (χ2v) is 5.71. The zero-order chi connectivity index (χ0) is 12.7. The highest BCUT2D eigenvalue weighted by molar-refractivity contribution is 9.10. The highest BCUT2D eigenvalue weighted by Crippen LogP contribution is 2.29. The second-order valence-electron chi connectivity index (χ2n) is 4.80. The summed E-state index contributed by atoms with van der Waals surface area (Å²) in [5.74, 6) is 0.707. The highest BCUT2D eigenvalue weighted by Gasteiger charge is 2.40. The predicted octanol–water partition coefficient (Wildman–Crippen LogP) is 1.64. The van der Waals surface area contributed by atoms with Crippen LogP contribution in [0.5, 0.6) is 5.75 Å². The van der Waals surface area contributed by atoms with Crippen molar-refractivity contribution < 1.29 is 9.53 Å². The van der Waals surface area contributed by atoms with E-state index in [0.717, 1.165) is 24.0 Å². The van der Waals surface area contributed by atoms with Crippen LogP contribution < -0.4 is 10.1 Å². The molecular formula is C13H15BrN2O2. The van der Waals surface area contributed by atoms with Crippen LogP contribution in [0.3, 0.4) is 0 Å². The number of carbonyl (C=O) groups excluding carboxylic acids is 1. The van der Waals surface area contributed by atoms with Gasteiger partial charge < -0.3 is 15.0 Å². The smallest absolute Gasteiger partial charge is 0.257 e. The number of nitrogens with one attached hydrogen (secondary N) is 1. The molecule has 1 aromatic rings. The molecule has 2 atom stereocenters. The van der Waals surface area contributed by atoms with Gasteiger partial charge in [0.2, 0.25) is 0 Å². The molecule has 96 valence electrons. The van der Waals surface area contributed by atoms with Gasteiger partial charge in [-0.15, -0.1) is 0 Å². The Kier molecular flexibility index (Phi) is 3.03. The van der Waals surface area contributed by atoms with Crippen molar-refractivity contribution in [2.24, 2.45) is 0 Å². The zero-order valence-corrected chi connectivity index (χ0v) is 11.7. The summed E-state index contributed by atoms with van der Waals surface area (Å²) in [4.78, 5) is 14.5. The van der Waals surface area contributed by atoms with Crippen molar-refractivity contribution in [2.75, 3.05) is 20.2 Å². The number of amides is 1. The Morgan fingerprint density at radius 3 is 3.00 bits per heavy atom. The summed E-state index contributed by atoms with van der Waals surface area (Å²) in [6.45, 7) is 1.72. The van der Waals surface area contributed by atoms with Gasteiger partial charge in [-0.3, -0.25) is 4.79 Å². The molecule has 2 aliphatic heterocycles. The van der Waals surface area contributed by atoms with Crippen LogP contribution in [-0.4, -0.2) is 43.1 Å². The lowest BCUT2D eigenvalue weighted by Gasteiger charge is -2.28. The molecule has 0 spiro atoms. The third kappa shape index (κ3) is 1.91. The molecule has 3 rings (SSSR count). The van der Waals surface area contributed by atoms with E-state index in [2.05, 4.69) is 21.2 Å². The number of nitrogens with zero attached hydrogens (tertiary/aromatic N) is 1. The number of likely N-dealkylation sites (tertiary alicyclic amines) is 1. The summed E-state index contributed by atoms with van der Waals surface area (Å²) >= 11 is 3.39. The standard InChI is InChI=1S/C13H15BrN2O2/c1-18-12-4-8(14)2-3-11(12)13(17)16-7-9-5-10(16)6-15-9/h2-4,9-10,15H,5-7H2,1H3/t9-,10?/m0/s1. The molecule has 2 aliphatic rings. The van der Waals surface area contributed by atoms with Crippen molar-refractivity contribution in [3.8, 4) is 5.75 Å². The molecule has 0 aromatic heterocycles. The zero-order valence-electron chi connectivity index (χ0n) is 10.1. The van der Waals surface area contributed by atoms with E-state index in [1.807, 2.05) is 23.1 Å². The first kappa shape index (κ1) is 12.0. The van der Waals surface area contributed by atoms with Gasteiger partial charge >= 0.3 is 0 Å². The van der Waals surface area contributed by atoms with Gasteiger partial charge in [0.05, 0.1) is 12.7 Å². The number of fused-ring (bicyclic) bond motifs is 2. The van der Waals surface area contributed by atoms with Gasteiger partial charge in [-0.05, 0) is 24.6 Å². The summed E-state index contributed by atoms with van der Waals surface area (Å²) in [5, 5.41) is 3.40. The summed E-state index contributed by atoms with van der Waals surface area (Å²) < 4.78 is 6.21. The van der Waals surface area contributed by atoms with E-state index in [1.165, 1.54) is 0 Å². The average Bonchev–Trinajstić information content (AvgIpc) is 3.00. The van der Waals surface area contributed by atoms with Gasteiger partial charge in [-0.2, -0.15) is 0 Å². The Balaban J connectivity index is 1.88. The SMILES string of the molecule is COc1cc(Br)ccc1C(=O)N1C[C@@H]2CC1CN2. The monoisotopic (exact) mass is 310 g/mol. The number of rotatable bonds is 2. The van der Waals surface area contributed by atoms with Gasteiger partial charge in [0, 0.05) is 29.6 Å². The van der Waals surface area contributed by atoms with Crippen molar-refractivity contribution in [3.05, 3.63) is 28.2 Å². The Bertz CT molecular complexity index is 492. The van der Waals surface area contributed by atoms with E-state index in [1.54, 1.807) is 7.11 Å². The molecule has 4 nitrogen and oxygen atoms in total. The van der Waals surface area contributed by atoms with E-state index < -0.39 is 0 Å². The topological polar surface area (TPSA) is 41.6 Å². The van der Waals surface area contributed by atoms with Crippen LogP contribution in [0, 0.1) is 0 Å². The van der Waals surface area contributed by atoms with Crippen molar-refractivity contribution in [2.45, 2.75) is 18.5 Å².